The van der Waals surface area contributed by atoms with E-state index in [4.69, 9.17) is 23.4 Å². The maximum absolute atomic E-state index is 13.7. The van der Waals surface area contributed by atoms with Crippen molar-refractivity contribution in [3.8, 4) is 17.2 Å². The summed E-state index contributed by atoms with van der Waals surface area (Å²) in [4.78, 5) is 15.5. The Morgan fingerprint density at radius 3 is 2.39 bits per heavy atom. The lowest BCUT2D eigenvalue weighted by atomic mass is 10.1. The second-order valence-electron chi connectivity index (χ2n) is 8.41. The van der Waals surface area contributed by atoms with Crippen molar-refractivity contribution >= 4 is 16.9 Å². The molecule has 33 heavy (non-hydrogen) atoms. The van der Waals surface area contributed by atoms with E-state index < -0.39 is 0 Å². The Morgan fingerprint density at radius 1 is 1.06 bits per heavy atom. The van der Waals surface area contributed by atoms with Crippen molar-refractivity contribution < 1.29 is 28.2 Å². The summed E-state index contributed by atoms with van der Waals surface area (Å²) in [5, 5.41) is 0.953. The normalized spacial score (nSPS) is 15.6. The van der Waals surface area contributed by atoms with E-state index in [1.807, 2.05) is 44.2 Å². The Labute approximate surface area is 194 Å². The van der Waals surface area contributed by atoms with E-state index in [0.717, 1.165) is 47.1 Å². The van der Waals surface area contributed by atoms with E-state index in [2.05, 4.69) is 0 Å². The van der Waals surface area contributed by atoms with Gasteiger partial charge in [0.1, 0.15) is 5.58 Å². The van der Waals surface area contributed by atoms with E-state index in [9.17, 15) is 4.79 Å². The van der Waals surface area contributed by atoms with Gasteiger partial charge in [-0.15, -0.1) is 0 Å². The van der Waals surface area contributed by atoms with Gasteiger partial charge in [-0.2, -0.15) is 0 Å². The number of aryl methyl sites for hydroxylation is 2. The van der Waals surface area contributed by atoms with Gasteiger partial charge in [0.15, 0.2) is 17.3 Å². The Hall–Kier alpha value is -3.19. The van der Waals surface area contributed by atoms with Gasteiger partial charge in [-0.3, -0.25) is 4.79 Å². The van der Waals surface area contributed by atoms with Gasteiger partial charge in [0.2, 0.25) is 5.75 Å². The van der Waals surface area contributed by atoms with Crippen LogP contribution in [0.4, 0.5) is 0 Å². The van der Waals surface area contributed by atoms with Gasteiger partial charge in [0.25, 0.3) is 5.91 Å². The van der Waals surface area contributed by atoms with E-state index in [1.165, 1.54) is 0 Å². The van der Waals surface area contributed by atoms with Gasteiger partial charge in [-0.1, -0.05) is 12.1 Å². The van der Waals surface area contributed by atoms with Crippen molar-refractivity contribution in [2.45, 2.75) is 39.3 Å². The first-order valence-corrected chi connectivity index (χ1v) is 11.1. The Balaban J connectivity index is 1.70. The highest BCUT2D eigenvalue weighted by molar-refractivity contribution is 5.99. The number of ether oxygens (including phenoxy) is 4. The minimum Gasteiger partial charge on any atom is -0.493 e. The quantitative estimate of drug-likeness (QED) is 0.483. The predicted octanol–water partition coefficient (Wildman–Crippen LogP) is 4.90. The fraction of sp³-hybridized carbons (Fsp3) is 0.423. The van der Waals surface area contributed by atoms with Gasteiger partial charge in [0, 0.05) is 30.6 Å². The maximum Gasteiger partial charge on any atom is 0.290 e. The molecule has 4 rings (SSSR count). The minimum atomic E-state index is -0.161. The highest BCUT2D eigenvalue weighted by Crippen LogP contribution is 2.39. The van der Waals surface area contributed by atoms with Crippen LogP contribution in [0.15, 0.2) is 34.7 Å². The number of fused-ring (bicyclic) bond motifs is 1. The third kappa shape index (κ3) is 4.64. The van der Waals surface area contributed by atoms with Gasteiger partial charge in [-0.25, -0.2) is 0 Å². The van der Waals surface area contributed by atoms with Crippen molar-refractivity contribution in [2.75, 3.05) is 34.5 Å². The van der Waals surface area contributed by atoms with Gasteiger partial charge >= 0.3 is 0 Å². The summed E-state index contributed by atoms with van der Waals surface area (Å²) in [7, 11) is 4.73. The molecule has 1 aromatic heterocycles. The molecule has 1 atom stereocenters. The van der Waals surface area contributed by atoms with Crippen molar-refractivity contribution in [3.63, 3.8) is 0 Å². The summed E-state index contributed by atoms with van der Waals surface area (Å²) < 4.78 is 28.3. The number of hydrogen-bond donors (Lipinski definition) is 0. The van der Waals surface area contributed by atoms with E-state index >= 15 is 0 Å². The zero-order valence-corrected chi connectivity index (χ0v) is 19.9. The molecule has 0 N–H and O–H groups in total. The molecule has 1 amide bonds. The first kappa shape index (κ1) is 23.0. The van der Waals surface area contributed by atoms with Crippen LogP contribution in [-0.4, -0.2) is 51.4 Å². The standard InChI is InChI=1S/C26H31NO6/c1-16-8-9-20-17(2)24(33-21(20)11-16)26(28)27(15-19-7-6-10-32-19)14-18-12-22(29-3)25(31-5)23(13-18)30-4/h8-9,11-13,19H,6-7,10,14-15H2,1-5H3/t19-/m1/s1. The van der Waals surface area contributed by atoms with Crippen LogP contribution >= 0.6 is 0 Å². The van der Waals surface area contributed by atoms with Crippen molar-refractivity contribution in [3.05, 3.63) is 52.8 Å². The molecule has 0 bridgehead atoms. The lowest BCUT2D eigenvalue weighted by Crippen LogP contribution is -2.37. The predicted molar refractivity (Wildman–Crippen MR) is 126 cm³/mol. The number of carbonyl (C=O) groups is 1. The Bertz CT molecular complexity index is 1120. The Morgan fingerprint density at radius 2 is 1.79 bits per heavy atom. The molecule has 7 nitrogen and oxygen atoms in total. The number of benzene rings is 2. The SMILES string of the molecule is COc1cc(CN(C[C@H]2CCCO2)C(=O)c2oc3cc(C)ccc3c2C)cc(OC)c1OC. The van der Waals surface area contributed by atoms with Crippen molar-refractivity contribution in [1.29, 1.82) is 0 Å². The van der Waals surface area contributed by atoms with Crippen molar-refractivity contribution in [2.24, 2.45) is 0 Å². The molecular formula is C26H31NO6. The van der Waals surface area contributed by atoms with Crippen LogP contribution < -0.4 is 14.2 Å². The first-order valence-electron chi connectivity index (χ1n) is 11.1. The number of methoxy groups -OCH3 is 3. The third-order valence-corrected chi connectivity index (χ3v) is 6.12. The number of hydrogen-bond acceptors (Lipinski definition) is 6. The summed E-state index contributed by atoms with van der Waals surface area (Å²) in [6, 6.07) is 9.73. The van der Waals surface area contributed by atoms with E-state index in [-0.39, 0.29) is 12.0 Å². The molecule has 7 heteroatoms. The molecule has 3 aromatic rings. The smallest absolute Gasteiger partial charge is 0.290 e. The van der Waals surface area contributed by atoms with Gasteiger partial charge in [-0.05, 0) is 56.0 Å². The lowest BCUT2D eigenvalue weighted by molar-refractivity contribution is 0.0484. The van der Waals surface area contributed by atoms with Crippen LogP contribution in [0.1, 0.15) is 40.1 Å². The highest BCUT2D eigenvalue weighted by Gasteiger charge is 2.28. The average Bonchev–Trinajstić information content (AvgIpc) is 3.44. The highest BCUT2D eigenvalue weighted by atomic mass is 16.5. The number of nitrogens with zero attached hydrogens (tertiary/aromatic N) is 1. The summed E-state index contributed by atoms with van der Waals surface area (Å²) in [5.74, 6) is 1.81. The summed E-state index contributed by atoms with van der Waals surface area (Å²) in [6.45, 7) is 5.49. The third-order valence-electron chi connectivity index (χ3n) is 6.12. The molecule has 2 heterocycles. The average molecular weight is 454 g/mol. The molecule has 2 aromatic carbocycles. The van der Waals surface area contributed by atoms with E-state index in [1.54, 1.807) is 26.2 Å². The summed E-state index contributed by atoms with van der Waals surface area (Å²) in [5.41, 5.74) is 3.52. The zero-order chi connectivity index (χ0) is 23.5. The van der Waals surface area contributed by atoms with Crippen molar-refractivity contribution in [1.82, 2.24) is 4.90 Å². The minimum absolute atomic E-state index is 0.00270. The van der Waals surface area contributed by atoms with Crippen LogP contribution in [-0.2, 0) is 11.3 Å². The topological polar surface area (TPSA) is 70.4 Å². The molecule has 0 radical (unpaired) electrons. The molecule has 1 saturated heterocycles. The molecule has 1 aliphatic rings. The fourth-order valence-electron chi connectivity index (χ4n) is 4.38. The molecular weight excluding hydrogens is 422 g/mol. The van der Waals surface area contributed by atoms with Gasteiger partial charge in [0.05, 0.1) is 27.4 Å². The zero-order valence-electron chi connectivity index (χ0n) is 19.9. The van der Waals surface area contributed by atoms with Crippen LogP contribution in [0.2, 0.25) is 0 Å². The van der Waals surface area contributed by atoms with E-state index in [0.29, 0.717) is 36.1 Å². The fourth-order valence-corrected chi connectivity index (χ4v) is 4.38. The second kappa shape index (κ2) is 9.75. The summed E-state index contributed by atoms with van der Waals surface area (Å²) in [6.07, 6.45) is 1.93. The van der Waals surface area contributed by atoms with Crippen LogP contribution in [0.3, 0.4) is 0 Å². The largest absolute Gasteiger partial charge is 0.493 e. The molecule has 0 spiro atoms. The summed E-state index contributed by atoms with van der Waals surface area (Å²) >= 11 is 0. The number of carbonyl (C=O) groups excluding carboxylic acids is 1. The molecule has 0 unspecified atom stereocenters. The van der Waals surface area contributed by atoms with Crippen LogP contribution in [0, 0.1) is 13.8 Å². The number of rotatable bonds is 8. The maximum atomic E-state index is 13.7. The van der Waals surface area contributed by atoms with Gasteiger partial charge < -0.3 is 28.3 Å². The number of furan rings is 1. The lowest BCUT2D eigenvalue weighted by Gasteiger charge is -2.26. The molecule has 176 valence electrons. The van der Waals surface area contributed by atoms with Crippen LogP contribution in [0.25, 0.3) is 11.0 Å². The molecule has 1 aliphatic heterocycles. The number of amides is 1. The molecule has 0 aliphatic carbocycles. The molecule has 0 saturated carbocycles. The first-order chi connectivity index (χ1) is 15.9. The Kier molecular flexibility index (Phi) is 6.79. The second-order valence-corrected chi connectivity index (χ2v) is 8.41. The molecule has 1 fully saturated rings. The monoisotopic (exact) mass is 453 g/mol. The van der Waals surface area contributed by atoms with Crippen LogP contribution in [0.5, 0.6) is 17.2 Å².